The lowest BCUT2D eigenvalue weighted by Gasteiger charge is -2.32. The van der Waals surface area contributed by atoms with E-state index < -0.39 is 23.8 Å². The number of nitrogens with one attached hydrogen (secondary N) is 1. The van der Waals surface area contributed by atoms with Gasteiger partial charge >= 0.3 is 12.1 Å². The molecule has 2 aromatic rings. The molecule has 3 rings (SSSR count). The number of amides is 1. The van der Waals surface area contributed by atoms with Crippen LogP contribution in [0.15, 0.2) is 48.5 Å². The number of carboxylic acid groups (broad SMARTS) is 1. The molecule has 0 spiro atoms. The Morgan fingerprint density at radius 1 is 1.06 bits per heavy atom. The van der Waals surface area contributed by atoms with Gasteiger partial charge in [0.05, 0.1) is 12.1 Å². The van der Waals surface area contributed by atoms with Crippen LogP contribution in [0, 0.1) is 11.8 Å². The number of likely N-dealkylation sites (tertiary alicyclic amines) is 1. The molecule has 2 aromatic carbocycles. The molecule has 5 nitrogen and oxygen atoms in total. The van der Waals surface area contributed by atoms with Crippen molar-refractivity contribution in [3.63, 3.8) is 0 Å². The minimum absolute atomic E-state index is 0.00588. The molecule has 1 saturated heterocycles. The first kappa shape index (κ1) is 22.4. The molecule has 1 heterocycles. The third-order valence-corrected chi connectivity index (χ3v) is 4.96. The largest absolute Gasteiger partial charge is 0.480 e. The number of carboxylic acids is 1. The van der Waals surface area contributed by atoms with E-state index in [4.69, 9.17) is 0 Å². The fourth-order valence-electron chi connectivity index (χ4n) is 3.40. The van der Waals surface area contributed by atoms with Gasteiger partial charge in [0, 0.05) is 16.8 Å². The number of halogens is 3. The number of hydrogen-bond acceptors (Lipinski definition) is 3. The quantitative estimate of drug-likeness (QED) is 0.720. The summed E-state index contributed by atoms with van der Waals surface area (Å²) in [5.41, 5.74) is 0.605. The number of rotatable bonds is 4. The third-order valence-electron chi connectivity index (χ3n) is 4.96. The number of piperidine rings is 1. The molecule has 1 fully saturated rings. The smallest absolute Gasteiger partial charge is 0.416 e. The predicted octanol–water partition coefficient (Wildman–Crippen LogP) is 3.98. The van der Waals surface area contributed by atoms with Gasteiger partial charge in [-0.15, -0.1) is 0 Å². The topological polar surface area (TPSA) is 69.6 Å². The highest BCUT2D eigenvalue weighted by atomic mass is 19.4. The predicted molar refractivity (Wildman–Crippen MR) is 109 cm³/mol. The molecule has 0 saturated carbocycles. The maximum atomic E-state index is 12.8. The number of hydrogen-bond donors (Lipinski definition) is 2. The van der Waals surface area contributed by atoms with Gasteiger partial charge in [0.1, 0.15) is 6.04 Å². The summed E-state index contributed by atoms with van der Waals surface area (Å²) in [6.07, 6.45) is -2.20. The second kappa shape index (κ2) is 9.67. The summed E-state index contributed by atoms with van der Waals surface area (Å²) in [5.74, 6) is 4.27. The summed E-state index contributed by atoms with van der Waals surface area (Å²) in [6, 6.07) is 10.7. The molecule has 0 aliphatic carbocycles. The van der Waals surface area contributed by atoms with Gasteiger partial charge in [-0.2, -0.15) is 13.2 Å². The van der Waals surface area contributed by atoms with Crippen LogP contribution in [-0.2, 0) is 15.8 Å². The zero-order valence-corrected chi connectivity index (χ0v) is 16.6. The van der Waals surface area contributed by atoms with Crippen LogP contribution in [-0.4, -0.2) is 41.0 Å². The van der Waals surface area contributed by atoms with Crippen molar-refractivity contribution in [2.75, 3.05) is 18.4 Å². The van der Waals surface area contributed by atoms with Crippen LogP contribution >= 0.6 is 0 Å². The number of carbonyl (C=O) groups is 2. The zero-order valence-electron chi connectivity index (χ0n) is 16.6. The third kappa shape index (κ3) is 6.33. The Bertz CT molecular complexity index is 1010. The van der Waals surface area contributed by atoms with E-state index in [9.17, 15) is 27.9 Å². The van der Waals surface area contributed by atoms with Crippen molar-refractivity contribution < 1.29 is 27.9 Å². The summed E-state index contributed by atoms with van der Waals surface area (Å²) < 4.78 is 38.3. The van der Waals surface area contributed by atoms with Gasteiger partial charge in [-0.25, -0.2) is 0 Å². The van der Waals surface area contributed by atoms with Gasteiger partial charge in [0.2, 0.25) is 5.91 Å². The van der Waals surface area contributed by atoms with E-state index in [1.165, 1.54) is 12.1 Å². The van der Waals surface area contributed by atoms with Crippen LogP contribution in [0.4, 0.5) is 18.9 Å². The van der Waals surface area contributed by atoms with Crippen molar-refractivity contribution in [1.29, 1.82) is 0 Å². The maximum absolute atomic E-state index is 12.8. The molecule has 0 aromatic heterocycles. The van der Waals surface area contributed by atoms with Crippen molar-refractivity contribution in [2.24, 2.45) is 0 Å². The van der Waals surface area contributed by atoms with Crippen LogP contribution in [0.5, 0.6) is 0 Å². The first-order chi connectivity index (χ1) is 14.7. The number of benzene rings is 2. The molecular formula is C23H21F3N2O3. The highest BCUT2D eigenvalue weighted by Crippen LogP contribution is 2.29. The van der Waals surface area contributed by atoms with Crippen molar-refractivity contribution in [3.05, 3.63) is 65.2 Å². The normalized spacial score (nSPS) is 16.8. The highest BCUT2D eigenvalue weighted by Gasteiger charge is 2.30. The lowest BCUT2D eigenvalue weighted by Crippen LogP contribution is -2.47. The molecule has 1 aliphatic heterocycles. The van der Waals surface area contributed by atoms with Crippen LogP contribution in [0.2, 0.25) is 0 Å². The number of alkyl halides is 3. The van der Waals surface area contributed by atoms with Gasteiger partial charge in [0.25, 0.3) is 0 Å². The van der Waals surface area contributed by atoms with Crippen molar-refractivity contribution in [1.82, 2.24) is 4.90 Å². The maximum Gasteiger partial charge on any atom is 0.416 e. The Balaban J connectivity index is 1.60. The first-order valence-electron chi connectivity index (χ1n) is 9.78. The molecule has 0 bridgehead atoms. The molecule has 2 N–H and O–H groups in total. The standard InChI is InChI=1S/C23H21F3N2O3/c24-23(25,26)18-5-3-4-17(14-18)8-7-16-9-11-19(12-10-16)27-21(29)15-28-13-2-1-6-20(28)22(30)31/h3-5,9-12,14,20H,1-2,6,13,15H2,(H,27,29)(H,30,31). The van der Waals surface area contributed by atoms with Gasteiger partial charge < -0.3 is 10.4 Å². The molecule has 162 valence electrons. The lowest BCUT2D eigenvalue weighted by molar-refractivity contribution is -0.145. The number of aliphatic carboxylic acids is 1. The van der Waals surface area contributed by atoms with Crippen LogP contribution in [0.1, 0.15) is 36.0 Å². The zero-order chi connectivity index (χ0) is 22.4. The number of nitrogens with zero attached hydrogens (tertiary/aromatic N) is 1. The van der Waals surface area contributed by atoms with Crippen molar-refractivity contribution in [3.8, 4) is 11.8 Å². The van der Waals surface area contributed by atoms with Gasteiger partial charge in [-0.05, 0) is 61.9 Å². The van der Waals surface area contributed by atoms with Crippen molar-refractivity contribution >= 4 is 17.6 Å². The fourth-order valence-corrected chi connectivity index (χ4v) is 3.40. The van der Waals surface area contributed by atoms with Crippen LogP contribution in [0.3, 0.4) is 0 Å². The summed E-state index contributed by atoms with van der Waals surface area (Å²) in [4.78, 5) is 25.3. The Kier molecular flexibility index (Phi) is 6.98. The van der Waals surface area contributed by atoms with E-state index in [0.717, 1.165) is 25.0 Å². The fraction of sp³-hybridized carbons (Fsp3) is 0.304. The minimum atomic E-state index is -4.42. The SMILES string of the molecule is O=C(CN1CCCCC1C(=O)O)Nc1ccc(C#Cc2cccc(C(F)(F)F)c2)cc1. The second-order valence-corrected chi connectivity index (χ2v) is 7.27. The Labute approximate surface area is 177 Å². The number of carbonyl (C=O) groups excluding carboxylic acids is 1. The van der Waals surface area contributed by atoms with E-state index in [1.807, 2.05) is 0 Å². The first-order valence-corrected chi connectivity index (χ1v) is 9.78. The summed E-state index contributed by atoms with van der Waals surface area (Å²) in [5, 5.41) is 12.0. The molecule has 1 aliphatic rings. The molecule has 1 unspecified atom stereocenters. The molecule has 31 heavy (non-hydrogen) atoms. The second-order valence-electron chi connectivity index (χ2n) is 7.27. The van der Waals surface area contributed by atoms with Crippen LogP contribution < -0.4 is 5.32 Å². The summed E-state index contributed by atoms with van der Waals surface area (Å²) in [6.45, 7) is 0.558. The van der Waals surface area contributed by atoms with Crippen LogP contribution in [0.25, 0.3) is 0 Å². The molecule has 0 radical (unpaired) electrons. The lowest BCUT2D eigenvalue weighted by atomic mass is 10.0. The van der Waals surface area contributed by atoms with E-state index in [1.54, 1.807) is 29.2 Å². The Hall–Kier alpha value is -3.31. The van der Waals surface area contributed by atoms with E-state index in [2.05, 4.69) is 17.2 Å². The van der Waals surface area contributed by atoms with Gasteiger partial charge in [-0.3, -0.25) is 14.5 Å². The molecule has 8 heteroatoms. The molecular weight excluding hydrogens is 409 g/mol. The number of anilines is 1. The van der Waals surface area contributed by atoms with E-state index >= 15 is 0 Å². The van der Waals surface area contributed by atoms with Gasteiger partial charge in [-0.1, -0.05) is 24.3 Å². The van der Waals surface area contributed by atoms with E-state index in [0.29, 0.717) is 24.2 Å². The molecule has 1 atom stereocenters. The average molecular weight is 430 g/mol. The summed E-state index contributed by atoms with van der Waals surface area (Å²) in [7, 11) is 0. The minimum Gasteiger partial charge on any atom is -0.480 e. The highest BCUT2D eigenvalue weighted by molar-refractivity contribution is 5.92. The molecule has 1 amide bonds. The monoisotopic (exact) mass is 430 g/mol. The summed E-state index contributed by atoms with van der Waals surface area (Å²) >= 11 is 0. The van der Waals surface area contributed by atoms with E-state index in [-0.39, 0.29) is 18.0 Å². The average Bonchev–Trinajstić information content (AvgIpc) is 2.73. The van der Waals surface area contributed by atoms with Crippen molar-refractivity contribution in [2.45, 2.75) is 31.5 Å². The van der Waals surface area contributed by atoms with Gasteiger partial charge in [0.15, 0.2) is 0 Å². The Morgan fingerprint density at radius 3 is 2.45 bits per heavy atom. The Morgan fingerprint density at radius 2 is 1.77 bits per heavy atom.